The van der Waals surface area contributed by atoms with Gasteiger partial charge in [0.2, 0.25) is 0 Å². The van der Waals surface area contributed by atoms with Crippen LogP contribution in [0.5, 0.6) is 0 Å². The second kappa shape index (κ2) is 6.69. The summed E-state index contributed by atoms with van der Waals surface area (Å²) >= 11 is 0. The molecule has 2 unspecified atom stereocenters. The van der Waals surface area contributed by atoms with E-state index in [4.69, 9.17) is 0 Å². The lowest BCUT2D eigenvalue weighted by Gasteiger charge is -2.45. The number of rotatable bonds is 5. The molecule has 0 aromatic heterocycles. The number of allylic oxidation sites excluding steroid dienone is 1. The number of hydrogen-bond donors (Lipinski definition) is 1. The summed E-state index contributed by atoms with van der Waals surface area (Å²) in [6.45, 7) is 4.76. The normalized spacial score (nSPS) is 27.9. The molecule has 0 aromatic carbocycles. The molecule has 1 saturated carbocycles. The molecule has 1 N–H and O–H groups in total. The Bertz CT molecular complexity index is 472. The molecule has 0 saturated heterocycles. The van der Waals surface area contributed by atoms with E-state index >= 15 is 0 Å². The second-order valence-electron chi connectivity index (χ2n) is 6.96. The third-order valence-corrected chi connectivity index (χ3v) is 5.41. The van der Waals surface area contributed by atoms with Gasteiger partial charge in [0.1, 0.15) is 0 Å². The van der Waals surface area contributed by atoms with Gasteiger partial charge in [-0.05, 0) is 50.5 Å². The molecule has 1 aliphatic rings. The molecule has 0 bridgehead atoms. The monoisotopic (exact) mass is 360 g/mol. The summed E-state index contributed by atoms with van der Waals surface area (Å²) in [4.78, 5) is 11.5. The first-order valence-corrected chi connectivity index (χ1v) is 7.68. The van der Waals surface area contributed by atoms with Crippen LogP contribution in [0.3, 0.4) is 0 Å². The zero-order valence-electron chi connectivity index (χ0n) is 13.6. The van der Waals surface area contributed by atoms with E-state index in [1.165, 1.54) is 0 Å². The number of carbonyl (C=O) groups is 1. The van der Waals surface area contributed by atoms with Gasteiger partial charge >= 0.3 is 12.4 Å². The molecule has 24 heavy (non-hydrogen) atoms. The highest BCUT2D eigenvalue weighted by Gasteiger charge is 2.59. The van der Waals surface area contributed by atoms with E-state index in [0.29, 0.717) is 6.92 Å². The number of halogens is 6. The van der Waals surface area contributed by atoms with Crippen molar-refractivity contribution < 1.29 is 36.2 Å². The zero-order chi connectivity index (χ0) is 19.0. The zero-order valence-corrected chi connectivity index (χ0v) is 13.6. The van der Waals surface area contributed by atoms with Gasteiger partial charge in [-0.25, -0.2) is 0 Å². The minimum atomic E-state index is -4.84. The fourth-order valence-electron chi connectivity index (χ4n) is 3.43. The standard InChI is InChI=1S/C16H22F6O2/c1-4-12(23)9-13(2,15(17,18)19)10-5-7-11(8-6-10)14(3,24)16(20,21)22/h4,10-11,24H,1,5-9H2,2-3H3. The predicted octanol–water partition coefficient (Wildman–Crippen LogP) is 4.82. The lowest BCUT2D eigenvalue weighted by atomic mass is 9.63. The van der Waals surface area contributed by atoms with Crippen LogP contribution in [0.4, 0.5) is 26.3 Å². The number of carbonyl (C=O) groups excluding carboxylic acids is 1. The van der Waals surface area contributed by atoms with Crippen molar-refractivity contribution >= 4 is 5.78 Å². The van der Waals surface area contributed by atoms with E-state index in [1.54, 1.807) is 0 Å². The minimum Gasteiger partial charge on any atom is -0.380 e. The Morgan fingerprint density at radius 3 is 1.75 bits per heavy atom. The van der Waals surface area contributed by atoms with Crippen molar-refractivity contribution in [3.8, 4) is 0 Å². The van der Waals surface area contributed by atoms with Crippen molar-refractivity contribution in [1.29, 1.82) is 0 Å². The van der Waals surface area contributed by atoms with Crippen molar-refractivity contribution in [3.05, 3.63) is 12.7 Å². The molecule has 1 aliphatic carbocycles. The lowest BCUT2D eigenvalue weighted by Crippen LogP contribution is -2.51. The molecule has 8 heteroatoms. The summed E-state index contributed by atoms with van der Waals surface area (Å²) in [5, 5.41) is 9.69. The molecule has 1 rings (SSSR count). The topological polar surface area (TPSA) is 37.3 Å². The average molecular weight is 360 g/mol. The summed E-state index contributed by atoms with van der Waals surface area (Å²) < 4.78 is 79.1. The first kappa shape index (κ1) is 21.0. The smallest absolute Gasteiger partial charge is 0.380 e. The molecular formula is C16H22F6O2. The van der Waals surface area contributed by atoms with Gasteiger partial charge in [-0.2, -0.15) is 26.3 Å². The highest BCUT2D eigenvalue weighted by molar-refractivity contribution is 5.89. The highest BCUT2D eigenvalue weighted by atomic mass is 19.4. The predicted molar refractivity (Wildman–Crippen MR) is 76.1 cm³/mol. The Kier molecular flexibility index (Phi) is 5.85. The maximum atomic E-state index is 13.5. The Morgan fingerprint density at radius 1 is 1.00 bits per heavy atom. The van der Waals surface area contributed by atoms with Gasteiger partial charge in [-0.3, -0.25) is 4.79 Å². The maximum Gasteiger partial charge on any atom is 0.417 e. The first-order chi connectivity index (χ1) is 10.7. The van der Waals surface area contributed by atoms with Gasteiger partial charge in [-0.1, -0.05) is 13.5 Å². The number of alkyl halides is 6. The van der Waals surface area contributed by atoms with E-state index in [2.05, 4.69) is 6.58 Å². The Balaban J connectivity index is 2.94. The summed E-state index contributed by atoms with van der Waals surface area (Å²) in [5.41, 5.74) is -5.24. The third-order valence-electron chi connectivity index (χ3n) is 5.41. The molecule has 0 spiro atoms. The van der Waals surface area contributed by atoms with Crippen molar-refractivity contribution in [2.24, 2.45) is 17.3 Å². The van der Waals surface area contributed by atoms with Crippen molar-refractivity contribution in [2.45, 2.75) is 63.9 Å². The molecule has 0 aromatic rings. The fraction of sp³-hybridized carbons (Fsp3) is 0.812. The van der Waals surface area contributed by atoms with Crippen LogP contribution in [0.15, 0.2) is 12.7 Å². The third kappa shape index (κ3) is 3.95. The minimum absolute atomic E-state index is 0.128. The second-order valence-corrected chi connectivity index (χ2v) is 6.96. The molecule has 0 aliphatic heterocycles. The largest absolute Gasteiger partial charge is 0.417 e. The van der Waals surface area contributed by atoms with Crippen LogP contribution in [-0.2, 0) is 4.79 Å². The Labute approximate surface area is 136 Å². The van der Waals surface area contributed by atoms with Crippen LogP contribution in [0.25, 0.3) is 0 Å². The van der Waals surface area contributed by atoms with E-state index in [9.17, 15) is 36.2 Å². The SMILES string of the molecule is C=CC(=O)CC(C)(C1CCC(C(C)(O)C(F)(F)F)CC1)C(F)(F)F. The van der Waals surface area contributed by atoms with Crippen LogP contribution in [0.1, 0.15) is 46.0 Å². The molecule has 0 heterocycles. The van der Waals surface area contributed by atoms with Gasteiger partial charge in [0, 0.05) is 6.42 Å². The van der Waals surface area contributed by atoms with Crippen LogP contribution in [0, 0.1) is 17.3 Å². The molecule has 0 amide bonds. The molecular weight excluding hydrogens is 338 g/mol. The molecule has 2 atom stereocenters. The fourth-order valence-corrected chi connectivity index (χ4v) is 3.43. The van der Waals surface area contributed by atoms with Gasteiger partial charge in [0.25, 0.3) is 0 Å². The summed E-state index contributed by atoms with van der Waals surface area (Å²) in [6, 6.07) is 0. The van der Waals surface area contributed by atoms with Crippen LogP contribution in [-0.4, -0.2) is 28.8 Å². The summed E-state index contributed by atoms with van der Waals surface area (Å²) in [5.74, 6) is -2.87. The van der Waals surface area contributed by atoms with Gasteiger partial charge in [0.05, 0.1) is 5.41 Å². The number of ketones is 1. The number of hydrogen-bond acceptors (Lipinski definition) is 2. The maximum absolute atomic E-state index is 13.5. The van der Waals surface area contributed by atoms with Crippen molar-refractivity contribution in [1.82, 2.24) is 0 Å². The van der Waals surface area contributed by atoms with Crippen LogP contribution >= 0.6 is 0 Å². The first-order valence-electron chi connectivity index (χ1n) is 7.68. The Hall–Kier alpha value is -1.05. The van der Waals surface area contributed by atoms with Gasteiger partial charge < -0.3 is 5.11 Å². The average Bonchev–Trinajstić information content (AvgIpc) is 2.44. The lowest BCUT2D eigenvalue weighted by molar-refractivity contribution is -0.280. The van der Waals surface area contributed by atoms with Crippen LogP contribution in [0.2, 0.25) is 0 Å². The van der Waals surface area contributed by atoms with E-state index in [-0.39, 0.29) is 25.7 Å². The van der Waals surface area contributed by atoms with Crippen molar-refractivity contribution in [3.63, 3.8) is 0 Å². The van der Waals surface area contributed by atoms with Crippen molar-refractivity contribution in [2.75, 3.05) is 0 Å². The molecule has 2 nitrogen and oxygen atoms in total. The Morgan fingerprint density at radius 2 is 1.42 bits per heavy atom. The quantitative estimate of drug-likeness (QED) is 0.564. The van der Waals surface area contributed by atoms with Crippen LogP contribution < -0.4 is 0 Å². The molecule has 140 valence electrons. The van der Waals surface area contributed by atoms with Gasteiger partial charge in [-0.15, -0.1) is 0 Å². The van der Waals surface area contributed by atoms with Gasteiger partial charge in [0.15, 0.2) is 11.4 Å². The number of aliphatic hydroxyl groups is 1. The molecule has 1 fully saturated rings. The van der Waals surface area contributed by atoms with E-state index < -0.39 is 47.4 Å². The van der Waals surface area contributed by atoms with E-state index in [1.807, 2.05) is 0 Å². The summed E-state index contributed by atoms with van der Waals surface area (Å²) in [6.07, 6.45) is -10.0. The summed E-state index contributed by atoms with van der Waals surface area (Å²) in [7, 11) is 0. The highest BCUT2D eigenvalue weighted by Crippen LogP contribution is 2.54. The molecule has 0 radical (unpaired) electrons. The van der Waals surface area contributed by atoms with E-state index in [0.717, 1.165) is 13.0 Å².